The van der Waals surface area contributed by atoms with Gasteiger partial charge in [0.15, 0.2) is 6.29 Å². The van der Waals surface area contributed by atoms with E-state index in [9.17, 15) is 28.5 Å². The molecule has 0 radical (unpaired) electrons. The van der Waals surface area contributed by atoms with Gasteiger partial charge in [0.2, 0.25) is 0 Å². The molecule has 0 saturated heterocycles. The quantitative estimate of drug-likeness (QED) is 0.327. The zero-order valence-electron chi connectivity index (χ0n) is 11.7. The molecule has 1 rings (SSSR count). The second-order valence-electron chi connectivity index (χ2n) is 4.70. The third-order valence-electron chi connectivity index (χ3n) is 2.94. The molecule has 0 aliphatic carbocycles. The van der Waals surface area contributed by atoms with Gasteiger partial charge in [-0.2, -0.15) is 8.42 Å². The van der Waals surface area contributed by atoms with E-state index in [1.54, 1.807) is 6.92 Å². The maximum absolute atomic E-state index is 12.1. The number of hydrogen-bond donors (Lipinski definition) is 4. The van der Waals surface area contributed by atoms with E-state index >= 15 is 0 Å². The summed E-state index contributed by atoms with van der Waals surface area (Å²) in [6, 6.07) is 5.54. The Hall–Kier alpha value is -1.36. The minimum Gasteiger partial charge on any atom is -0.394 e. The molecule has 1 aromatic carbocycles. The number of carbonyl (C=O) groups excluding carboxylic acids is 1. The van der Waals surface area contributed by atoms with E-state index in [0.717, 1.165) is 5.56 Å². The summed E-state index contributed by atoms with van der Waals surface area (Å²) >= 11 is 0. The molecule has 0 bridgehead atoms. The lowest BCUT2D eigenvalue weighted by molar-refractivity contribution is -0.131. The Morgan fingerprint density at radius 2 is 1.73 bits per heavy atom. The standard InChI is InChI=1S/C13H18O8S/c1-8-2-4-9(5-3-8)22(19,20)21-13(11(17)7-15)12(18)10(16)6-14/h2-5,7,10-14,16-18H,6H2,1H3/t10-,11+,12-,13-/m1/s1. The van der Waals surface area contributed by atoms with Gasteiger partial charge in [0.25, 0.3) is 10.1 Å². The van der Waals surface area contributed by atoms with Gasteiger partial charge in [-0.25, -0.2) is 0 Å². The molecule has 0 aromatic heterocycles. The topological polar surface area (TPSA) is 141 Å². The number of aliphatic hydroxyl groups is 4. The first-order valence-corrected chi connectivity index (χ1v) is 7.74. The van der Waals surface area contributed by atoms with Gasteiger partial charge < -0.3 is 25.2 Å². The SMILES string of the molecule is Cc1ccc(S(=O)(=O)O[C@@H]([C@H](O)[C@H](O)CO)[C@@H](O)C=O)cc1. The van der Waals surface area contributed by atoms with Crippen LogP contribution in [-0.4, -0.2) is 66.2 Å². The predicted octanol–water partition coefficient (Wildman–Crippen LogP) is -1.66. The van der Waals surface area contributed by atoms with E-state index in [0.29, 0.717) is 0 Å². The Kier molecular flexibility index (Phi) is 6.60. The Bertz CT molecular complexity index is 583. The van der Waals surface area contributed by atoms with Crippen LogP contribution in [0.5, 0.6) is 0 Å². The van der Waals surface area contributed by atoms with Crippen LogP contribution in [0.25, 0.3) is 0 Å². The molecule has 22 heavy (non-hydrogen) atoms. The summed E-state index contributed by atoms with van der Waals surface area (Å²) < 4.78 is 28.8. The first-order chi connectivity index (χ1) is 10.2. The fraction of sp³-hybridized carbons (Fsp3) is 0.462. The van der Waals surface area contributed by atoms with Crippen molar-refractivity contribution in [1.82, 2.24) is 0 Å². The van der Waals surface area contributed by atoms with Gasteiger partial charge in [-0.05, 0) is 19.1 Å². The van der Waals surface area contributed by atoms with Gasteiger partial charge in [0.05, 0.1) is 11.5 Å². The van der Waals surface area contributed by atoms with Gasteiger partial charge in [-0.15, -0.1) is 0 Å². The summed E-state index contributed by atoms with van der Waals surface area (Å²) in [4.78, 5) is 10.4. The van der Waals surface area contributed by atoms with Crippen LogP contribution in [-0.2, 0) is 19.1 Å². The summed E-state index contributed by atoms with van der Waals surface area (Å²) in [5.41, 5.74) is 0.805. The number of aryl methyl sites for hydroxylation is 1. The van der Waals surface area contributed by atoms with Gasteiger partial charge in [0, 0.05) is 0 Å². The van der Waals surface area contributed by atoms with Crippen LogP contribution in [0.1, 0.15) is 5.56 Å². The summed E-state index contributed by atoms with van der Waals surface area (Å²) in [7, 11) is -4.39. The van der Waals surface area contributed by atoms with Gasteiger partial charge in [-0.1, -0.05) is 17.7 Å². The van der Waals surface area contributed by atoms with E-state index in [1.807, 2.05) is 0 Å². The van der Waals surface area contributed by atoms with Crippen molar-refractivity contribution >= 4 is 16.4 Å². The van der Waals surface area contributed by atoms with Crippen LogP contribution < -0.4 is 0 Å². The summed E-state index contributed by atoms with van der Waals surface area (Å²) in [6.45, 7) is 0.842. The van der Waals surface area contributed by atoms with Crippen molar-refractivity contribution in [2.24, 2.45) is 0 Å². The third kappa shape index (κ3) is 4.57. The Labute approximate surface area is 127 Å². The Morgan fingerprint density at radius 3 is 2.18 bits per heavy atom. The minimum absolute atomic E-state index is 0.0390. The van der Waals surface area contributed by atoms with Crippen LogP contribution in [0.15, 0.2) is 29.2 Å². The molecule has 0 aliphatic rings. The lowest BCUT2D eigenvalue weighted by Crippen LogP contribution is -2.48. The minimum atomic E-state index is -4.39. The van der Waals surface area contributed by atoms with Crippen molar-refractivity contribution < 1.29 is 37.8 Å². The molecular weight excluding hydrogens is 316 g/mol. The second kappa shape index (κ2) is 7.77. The predicted molar refractivity (Wildman–Crippen MR) is 74.4 cm³/mol. The van der Waals surface area contributed by atoms with Gasteiger partial charge in [-0.3, -0.25) is 4.18 Å². The van der Waals surface area contributed by atoms with Crippen molar-refractivity contribution in [2.45, 2.75) is 36.2 Å². The number of benzene rings is 1. The molecule has 124 valence electrons. The molecule has 0 aliphatic heterocycles. The second-order valence-corrected chi connectivity index (χ2v) is 6.27. The highest BCUT2D eigenvalue weighted by Crippen LogP contribution is 2.19. The number of carbonyl (C=O) groups is 1. The molecule has 0 unspecified atom stereocenters. The first kappa shape index (κ1) is 18.7. The lowest BCUT2D eigenvalue weighted by atomic mass is 10.0. The maximum Gasteiger partial charge on any atom is 0.297 e. The molecule has 0 spiro atoms. The van der Waals surface area contributed by atoms with Crippen LogP contribution in [0.4, 0.5) is 0 Å². The maximum atomic E-state index is 12.1. The highest BCUT2D eigenvalue weighted by Gasteiger charge is 2.37. The smallest absolute Gasteiger partial charge is 0.297 e. The van der Waals surface area contributed by atoms with Crippen molar-refractivity contribution in [2.75, 3.05) is 6.61 Å². The average Bonchev–Trinajstić information content (AvgIpc) is 2.50. The molecule has 4 atom stereocenters. The fourth-order valence-corrected chi connectivity index (χ4v) is 2.73. The van der Waals surface area contributed by atoms with Crippen LogP contribution >= 0.6 is 0 Å². The molecule has 0 fully saturated rings. The molecule has 1 aromatic rings. The summed E-state index contributed by atoms with van der Waals surface area (Å²) in [5, 5.41) is 37.3. The monoisotopic (exact) mass is 334 g/mol. The van der Waals surface area contributed by atoms with E-state index < -0.39 is 41.1 Å². The van der Waals surface area contributed by atoms with Crippen LogP contribution in [0.3, 0.4) is 0 Å². The lowest BCUT2D eigenvalue weighted by Gasteiger charge is -2.26. The van der Waals surface area contributed by atoms with Crippen LogP contribution in [0, 0.1) is 6.92 Å². The highest BCUT2D eigenvalue weighted by atomic mass is 32.2. The largest absolute Gasteiger partial charge is 0.394 e. The zero-order chi connectivity index (χ0) is 16.9. The molecule has 0 amide bonds. The molecule has 8 nitrogen and oxygen atoms in total. The van der Waals surface area contributed by atoms with E-state index in [1.165, 1.54) is 24.3 Å². The van der Waals surface area contributed by atoms with E-state index in [2.05, 4.69) is 4.18 Å². The van der Waals surface area contributed by atoms with Crippen molar-refractivity contribution in [3.63, 3.8) is 0 Å². The molecule has 9 heteroatoms. The third-order valence-corrected chi connectivity index (χ3v) is 4.27. The average molecular weight is 334 g/mol. The van der Waals surface area contributed by atoms with E-state index in [-0.39, 0.29) is 11.2 Å². The number of hydrogen-bond acceptors (Lipinski definition) is 8. The zero-order valence-corrected chi connectivity index (χ0v) is 12.5. The summed E-state index contributed by atoms with van der Waals surface area (Å²) in [5.74, 6) is 0. The van der Waals surface area contributed by atoms with Crippen molar-refractivity contribution in [3.05, 3.63) is 29.8 Å². The Balaban J connectivity index is 3.07. The number of aldehydes is 1. The number of rotatable bonds is 8. The molecule has 0 saturated carbocycles. The fourth-order valence-electron chi connectivity index (χ4n) is 1.63. The van der Waals surface area contributed by atoms with Gasteiger partial charge in [0.1, 0.15) is 24.4 Å². The first-order valence-electron chi connectivity index (χ1n) is 6.33. The number of aliphatic hydroxyl groups excluding tert-OH is 4. The molecule has 4 N–H and O–H groups in total. The molecular formula is C13H18O8S. The highest BCUT2D eigenvalue weighted by molar-refractivity contribution is 7.86. The van der Waals surface area contributed by atoms with Crippen molar-refractivity contribution in [1.29, 1.82) is 0 Å². The molecule has 0 heterocycles. The summed E-state index contributed by atoms with van der Waals surface area (Å²) in [6.07, 6.45) is -7.76. The van der Waals surface area contributed by atoms with Crippen molar-refractivity contribution in [3.8, 4) is 0 Å². The normalized spacial score (nSPS) is 17.5. The van der Waals surface area contributed by atoms with E-state index in [4.69, 9.17) is 5.11 Å². The van der Waals surface area contributed by atoms with Crippen LogP contribution in [0.2, 0.25) is 0 Å². The van der Waals surface area contributed by atoms with Gasteiger partial charge >= 0.3 is 0 Å². The Morgan fingerprint density at radius 1 is 1.18 bits per heavy atom.